The van der Waals surface area contributed by atoms with Crippen LogP contribution in [-0.4, -0.2) is 37.8 Å². The average Bonchev–Trinajstić information content (AvgIpc) is 2.76. The zero-order valence-corrected chi connectivity index (χ0v) is 17.2. The maximum atomic E-state index is 12.6. The predicted molar refractivity (Wildman–Crippen MR) is 115 cm³/mol. The van der Waals surface area contributed by atoms with Crippen molar-refractivity contribution < 1.29 is 28.6 Å². The Kier molecular flexibility index (Phi) is 7.78. The molecule has 3 rings (SSSR count). The largest absolute Gasteiger partial charge is 0.513 e. The number of benzene rings is 2. The van der Waals surface area contributed by atoms with Gasteiger partial charge in [0.15, 0.2) is 0 Å². The summed E-state index contributed by atoms with van der Waals surface area (Å²) in [4.78, 5) is 36.3. The molecule has 2 aromatic rings. The molecule has 8 nitrogen and oxygen atoms in total. The highest BCUT2D eigenvalue weighted by atomic mass is 16.7. The minimum Gasteiger partial charge on any atom is -0.434 e. The molecule has 0 aliphatic carbocycles. The number of ether oxygens (including phenoxy) is 3. The van der Waals surface area contributed by atoms with Crippen molar-refractivity contribution in [2.75, 3.05) is 30.5 Å². The van der Waals surface area contributed by atoms with Crippen LogP contribution in [0.25, 0.3) is 0 Å². The first-order chi connectivity index (χ1) is 15.0. The lowest BCUT2D eigenvalue weighted by Gasteiger charge is -2.15. The van der Waals surface area contributed by atoms with E-state index in [2.05, 4.69) is 10.6 Å². The van der Waals surface area contributed by atoms with Crippen molar-refractivity contribution in [1.82, 2.24) is 0 Å². The van der Waals surface area contributed by atoms with Gasteiger partial charge in [-0.15, -0.1) is 0 Å². The lowest BCUT2D eigenvalue weighted by molar-refractivity contribution is -0.112. The fourth-order valence-electron chi connectivity index (χ4n) is 2.95. The second-order valence-corrected chi connectivity index (χ2v) is 6.71. The van der Waals surface area contributed by atoms with Gasteiger partial charge in [-0.05, 0) is 56.2 Å². The highest BCUT2D eigenvalue weighted by molar-refractivity contribution is 6.08. The predicted octanol–water partition coefficient (Wildman–Crippen LogP) is 4.15. The van der Waals surface area contributed by atoms with Crippen LogP contribution in [0, 0.1) is 0 Å². The molecule has 1 saturated heterocycles. The van der Waals surface area contributed by atoms with Gasteiger partial charge in [-0.3, -0.25) is 9.59 Å². The average molecular weight is 424 g/mol. The van der Waals surface area contributed by atoms with Gasteiger partial charge in [-0.1, -0.05) is 17.7 Å². The van der Waals surface area contributed by atoms with Gasteiger partial charge in [-0.2, -0.15) is 0 Å². The number of carbonyl (C=O) groups is 3. The van der Waals surface area contributed by atoms with Crippen LogP contribution in [0.5, 0.6) is 5.75 Å². The Hall–Kier alpha value is -3.65. The van der Waals surface area contributed by atoms with E-state index in [1.165, 1.54) is 24.3 Å². The summed E-state index contributed by atoms with van der Waals surface area (Å²) in [5.41, 5.74) is 2.36. The molecule has 8 heteroatoms. The van der Waals surface area contributed by atoms with E-state index in [-0.39, 0.29) is 24.2 Å². The molecular formula is C23H24N2O6. The van der Waals surface area contributed by atoms with Crippen molar-refractivity contribution in [3.63, 3.8) is 0 Å². The highest BCUT2D eigenvalue weighted by Crippen LogP contribution is 2.23. The molecule has 2 aromatic carbocycles. The lowest BCUT2D eigenvalue weighted by atomic mass is 10.1. The Morgan fingerprint density at radius 1 is 0.968 bits per heavy atom. The summed E-state index contributed by atoms with van der Waals surface area (Å²) in [7, 11) is 0. The van der Waals surface area contributed by atoms with Crippen molar-refractivity contribution in [3.8, 4) is 5.75 Å². The van der Waals surface area contributed by atoms with E-state index in [4.69, 9.17) is 14.2 Å². The Labute approximate surface area is 180 Å². The summed E-state index contributed by atoms with van der Waals surface area (Å²) in [5.74, 6) is -0.352. The van der Waals surface area contributed by atoms with Crippen molar-refractivity contribution in [3.05, 3.63) is 65.7 Å². The van der Waals surface area contributed by atoms with Crippen LogP contribution in [0.15, 0.2) is 60.2 Å². The smallest absolute Gasteiger partial charge is 0.434 e. The molecule has 0 atom stereocenters. The molecule has 0 spiro atoms. The molecule has 0 aromatic heterocycles. The Morgan fingerprint density at radius 2 is 1.61 bits per heavy atom. The maximum Gasteiger partial charge on any atom is 0.513 e. The second-order valence-electron chi connectivity index (χ2n) is 6.71. The molecule has 1 fully saturated rings. The molecule has 0 bridgehead atoms. The van der Waals surface area contributed by atoms with Crippen molar-refractivity contribution in [1.29, 1.82) is 0 Å². The first kappa shape index (κ1) is 22.0. The Balaban J connectivity index is 1.64. The molecule has 162 valence electrons. The third kappa shape index (κ3) is 6.68. The zero-order chi connectivity index (χ0) is 22.1. The van der Waals surface area contributed by atoms with E-state index >= 15 is 0 Å². The topological polar surface area (TPSA) is 103 Å². The summed E-state index contributed by atoms with van der Waals surface area (Å²) < 4.78 is 15.0. The first-order valence-electron chi connectivity index (χ1n) is 9.98. The van der Waals surface area contributed by atoms with Crippen LogP contribution in [0.4, 0.5) is 16.2 Å². The molecule has 2 amide bonds. The zero-order valence-electron chi connectivity index (χ0n) is 17.2. The Morgan fingerprint density at radius 3 is 2.26 bits per heavy atom. The van der Waals surface area contributed by atoms with Crippen molar-refractivity contribution in [2.24, 2.45) is 0 Å². The van der Waals surface area contributed by atoms with Crippen molar-refractivity contribution in [2.45, 2.75) is 19.8 Å². The van der Waals surface area contributed by atoms with E-state index in [0.29, 0.717) is 30.2 Å². The van der Waals surface area contributed by atoms with E-state index in [9.17, 15) is 14.4 Å². The minimum atomic E-state index is -0.805. The van der Waals surface area contributed by atoms with E-state index < -0.39 is 6.16 Å². The summed E-state index contributed by atoms with van der Waals surface area (Å²) >= 11 is 0. The standard InChI is InChI=1S/C23H24N2O6/c1-2-30-23(28)31-18-9-7-17(8-10-18)22(27)25-20-6-4-3-5-19(20)24-21(26)15-16-11-13-29-14-12-16/h3-10,15H,2,11-14H2,1H3,(H,24,26)(H,25,27). The first-order valence-corrected chi connectivity index (χ1v) is 9.98. The number of hydrogen-bond donors (Lipinski definition) is 2. The van der Waals surface area contributed by atoms with E-state index in [1.54, 1.807) is 37.3 Å². The molecule has 1 aliphatic rings. The van der Waals surface area contributed by atoms with Gasteiger partial charge in [0.2, 0.25) is 5.91 Å². The number of nitrogens with one attached hydrogen (secondary N) is 2. The van der Waals surface area contributed by atoms with Crippen LogP contribution in [0.1, 0.15) is 30.1 Å². The molecule has 31 heavy (non-hydrogen) atoms. The molecule has 2 N–H and O–H groups in total. The molecule has 0 unspecified atom stereocenters. The van der Waals surface area contributed by atoms with Crippen LogP contribution in [0.3, 0.4) is 0 Å². The Bertz CT molecular complexity index is 960. The molecule has 1 aliphatic heterocycles. The third-order valence-electron chi connectivity index (χ3n) is 4.48. The fraction of sp³-hybridized carbons (Fsp3) is 0.261. The normalized spacial score (nSPS) is 13.1. The third-order valence-corrected chi connectivity index (χ3v) is 4.48. The van der Waals surface area contributed by atoms with Gasteiger partial charge in [0, 0.05) is 11.6 Å². The monoisotopic (exact) mass is 424 g/mol. The quantitative estimate of drug-likeness (QED) is 0.410. The molecule has 1 heterocycles. The van der Waals surface area contributed by atoms with Crippen LogP contribution >= 0.6 is 0 Å². The number of hydrogen-bond acceptors (Lipinski definition) is 6. The van der Waals surface area contributed by atoms with Crippen molar-refractivity contribution >= 4 is 29.3 Å². The van der Waals surface area contributed by atoms with Gasteiger partial charge in [0.1, 0.15) is 5.75 Å². The second kappa shape index (κ2) is 10.9. The number of anilines is 2. The van der Waals surface area contributed by atoms with E-state index in [0.717, 1.165) is 18.4 Å². The summed E-state index contributed by atoms with van der Waals surface area (Å²) in [6, 6.07) is 13.0. The highest BCUT2D eigenvalue weighted by Gasteiger charge is 2.13. The van der Waals surface area contributed by atoms with Gasteiger partial charge >= 0.3 is 6.16 Å². The minimum absolute atomic E-state index is 0.209. The SMILES string of the molecule is CCOC(=O)Oc1ccc(C(=O)Nc2ccccc2NC(=O)C=C2CCOCC2)cc1. The lowest BCUT2D eigenvalue weighted by Crippen LogP contribution is -2.16. The van der Waals surface area contributed by atoms with Gasteiger partial charge in [-0.25, -0.2) is 4.79 Å². The molecular weight excluding hydrogens is 400 g/mol. The van der Waals surface area contributed by atoms with Gasteiger partial charge in [0.25, 0.3) is 5.91 Å². The molecule has 0 radical (unpaired) electrons. The van der Waals surface area contributed by atoms with Crippen LogP contribution in [0.2, 0.25) is 0 Å². The summed E-state index contributed by atoms with van der Waals surface area (Å²) in [6.07, 6.45) is 2.26. The molecule has 0 saturated carbocycles. The van der Waals surface area contributed by atoms with E-state index in [1.807, 2.05) is 0 Å². The summed E-state index contributed by atoms with van der Waals surface area (Å²) in [6.45, 7) is 3.13. The van der Waals surface area contributed by atoms with Crippen LogP contribution < -0.4 is 15.4 Å². The van der Waals surface area contributed by atoms with Gasteiger partial charge in [0.05, 0.1) is 31.2 Å². The number of carbonyl (C=O) groups excluding carboxylic acids is 3. The summed E-state index contributed by atoms with van der Waals surface area (Å²) in [5, 5.41) is 5.60. The number of para-hydroxylation sites is 2. The fourth-order valence-corrected chi connectivity index (χ4v) is 2.95. The number of amides is 2. The van der Waals surface area contributed by atoms with Gasteiger partial charge < -0.3 is 24.8 Å². The maximum absolute atomic E-state index is 12.6. The van der Waals surface area contributed by atoms with Crippen LogP contribution in [-0.2, 0) is 14.3 Å². The number of rotatable bonds is 6.